The smallest absolute Gasteiger partial charge is 0.263 e. The Hall–Kier alpha value is -1.79. The molecule has 0 unspecified atom stereocenters. The summed E-state index contributed by atoms with van der Waals surface area (Å²) in [7, 11) is 0. The van der Waals surface area contributed by atoms with Crippen molar-refractivity contribution in [3.8, 4) is 0 Å². The van der Waals surface area contributed by atoms with E-state index in [-0.39, 0.29) is 19.4 Å². The number of hydrazine groups is 1. The second kappa shape index (κ2) is 4.85. The summed E-state index contributed by atoms with van der Waals surface area (Å²) in [4.78, 5) is 4.30. The second-order valence-electron chi connectivity index (χ2n) is 5.86. The lowest BCUT2D eigenvalue weighted by Gasteiger charge is -2.36. The molecule has 2 heterocycles. The summed E-state index contributed by atoms with van der Waals surface area (Å²) < 4.78 is 40.6. The SMILES string of the molecule is FC(F)(F)C1(N2CC(c3ccc(Cl)cc3)=C3N=CC=CN32)CC1. The average Bonchev–Trinajstić information content (AvgIpc) is 3.25. The van der Waals surface area contributed by atoms with E-state index in [1.807, 2.05) is 12.1 Å². The summed E-state index contributed by atoms with van der Waals surface area (Å²) >= 11 is 5.90. The van der Waals surface area contributed by atoms with E-state index >= 15 is 0 Å². The van der Waals surface area contributed by atoms with Crippen LogP contribution in [0.3, 0.4) is 0 Å². The maximum Gasteiger partial charge on any atom is 0.408 e. The van der Waals surface area contributed by atoms with Crippen molar-refractivity contribution >= 4 is 23.4 Å². The van der Waals surface area contributed by atoms with Gasteiger partial charge in [-0.15, -0.1) is 0 Å². The molecule has 3 nitrogen and oxygen atoms in total. The fourth-order valence-electron chi connectivity index (χ4n) is 3.11. The van der Waals surface area contributed by atoms with Crippen LogP contribution in [0.5, 0.6) is 0 Å². The molecule has 1 saturated carbocycles. The van der Waals surface area contributed by atoms with Gasteiger partial charge in [0.2, 0.25) is 0 Å². The van der Waals surface area contributed by atoms with Crippen molar-refractivity contribution in [1.82, 2.24) is 10.0 Å². The molecule has 7 heteroatoms. The van der Waals surface area contributed by atoms with Gasteiger partial charge in [0.05, 0.1) is 0 Å². The average molecular weight is 340 g/mol. The van der Waals surface area contributed by atoms with Crippen molar-refractivity contribution in [2.75, 3.05) is 6.54 Å². The Morgan fingerprint density at radius 1 is 1.13 bits per heavy atom. The monoisotopic (exact) mass is 339 g/mol. The first-order valence-corrected chi connectivity index (χ1v) is 7.64. The van der Waals surface area contributed by atoms with Gasteiger partial charge in [-0.2, -0.15) is 18.2 Å². The summed E-state index contributed by atoms with van der Waals surface area (Å²) in [6, 6.07) is 7.09. The Balaban J connectivity index is 1.75. The normalized spacial score (nSPS) is 22.7. The van der Waals surface area contributed by atoms with Crippen LogP contribution < -0.4 is 0 Å². The van der Waals surface area contributed by atoms with Crippen molar-refractivity contribution in [2.24, 2.45) is 4.99 Å². The van der Waals surface area contributed by atoms with E-state index in [2.05, 4.69) is 4.99 Å². The number of halogens is 4. The first-order chi connectivity index (χ1) is 10.9. The zero-order valence-electron chi connectivity index (χ0n) is 12.0. The maximum atomic E-state index is 13.5. The van der Waals surface area contributed by atoms with Gasteiger partial charge in [0.25, 0.3) is 0 Å². The molecule has 1 fully saturated rings. The van der Waals surface area contributed by atoms with Crippen molar-refractivity contribution in [3.05, 3.63) is 52.9 Å². The Labute approximate surface area is 136 Å². The van der Waals surface area contributed by atoms with Crippen LogP contribution in [0.4, 0.5) is 13.2 Å². The van der Waals surface area contributed by atoms with Crippen LogP contribution >= 0.6 is 11.6 Å². The molecule has 2 aliphatic heterocycles. The minimum Gasteiger partial charge on any atom is -0.263 e. The number of alkyl halides is 3. The van der Waals surface area contributed by atoms with Gasteiger partial charge in [-0.1, -0.05) is 23.7 Å². The fourth-order valence-corrected chi connectivity index (χ4v) is 3.23. The van der Waals surface area contributed by atoms with Crippen molar-refractivity contribution in [1.29, 1.82) is 0 Å². The van der Waals surface area contributed by atoms with Gasteiger partial charge in [0.1, 0.15) is 5.54 Å². The van der Waals surface area contributed by atoms with E-state index < -0.39 is 11.7 Å². The van der Waals surface area contributed by atoms with E-state index in [4.69, 9.17) is 11.6 Å². The van der Waals surface area contributed by atoms with Gasteiger partial charge in [-0.3, -0.25) is 5.01 Å². The number of hydrogen-bond donors (Lipinski definition) is 0. The highest BCUT2D eigenvalue weighted by Crippen LogP contribution is 2.56. The van der Waals surface area contributed by atoms with Gasteiger partial charge in [0.15, 0.2) is 5.82 Å². The Morgan fingerprint density at radius 3 is 2.43 bits per heavy atom. The summed E-state index contributed by atoms with van der Waals surface area (Å²) in [5.74, 6) is 0.547. The lowest BCUT2D eigenvalue weighted by molar-refractivity contribution is -0.218. The minimum absolute atomic E-state index is 0.117. The van der Waals surface area contributed by atoms with Gasteiger partial charge < -0.3 is 0 Å². The van der Waals surface area contributed by atoms with Crippen LogP contribution in [-0.4, -0.2) is 34.5 Å². The molecule has 23 heavy (non-hydrogen) atoms. The van der Waals surface area contributed by atoms with E-state index in [1.54, 1.807) is 30.6 Å². The number of hydrogen-bond acceptors (Lipinski definition) is 3. The third-order valence-corrected chi connectivity index (χ3v) is 4.76. The molecule has 3 aliphatic rings. The highest BCUT2D eigenvalue weighted by molar-refractivity contribution is 6.30. The lowest BCUT2D eigenvalue weighted by Crippen LogP contribution is -2.52. The number of aliphatic imine (C=N–C) groups is 1. The topological polar surface area (TPSA) is 18.8 Å². The van der Waals surface area contributed by atoms with Crippen LogP contribution in [0.15, 0.2) is 47.4 Å². The fraction of sp³-hybridized carbons (Fsp3) is 0.312. The number of fused-ring (bicyclic) bond motifs is 1. The molecule has 0 saturated heterocycles. The molecule has 1 aromatic carbocycles. The molecule has 0 aromatic heterocycles. The summed E-state index contributed by atoms with van der Waals surface area (Å²) in [6.07, 6.45) is 0.850. The number of rotatable bonds is 2. The van der Waals surface area contributed by atoms with Gasteiger partial charge in [0, 0.05) is 29.6 Å². The van der Waals surface area contributed by atoms with Crippen LogP contribution in [0.25, 0.3) is 5.57 Å². The van der Waals surface area contributed by atoms with Crippen molar-refractivity contribution in [2.45, 2.75) is 24.6 Å². The first-order valence-electron chi connectivity index (χ1n) is 7.26. The molecule has 0 spiro atoms. The van der Waals surface area contributed by atoms with Crippen LogP contribution in [0.1, 0.15) is 18.4 Å². The second-order valence-corrected chi connectivity index (χ2v) is 6.30. The molecular weight excluding hydrogens is 327 g/mol. The molecule has 1 aliphatic carbocycles. The van der Waals surface area contributed by atoms with E-state index in [9.17, 15) is 13.2 Å². The summed E-state index contributed by atoms with van der Waals surface area (Å²) in [5, 5.41) is 3.51. The third-order valence-electron chi connectivity index (χ3n) is 4.50. The van der Waals surface area contributed by atoms with Crippen molar-refractivity contribution < 1.29 is 13.2 Å². The predicted molar refractivity (Wildman–Crippen MR) is 82.6 cm³/mol. The molecule has 120 valence electrons. The molecule has 1 aromatic rings. The number of benzene rings is 1. The van der Waals surface area contributed by atoms with Gasteiger partial charge in [-0.05, 0) is 36.6 Å². The number of allylic oxidation sites excluding steroid dienone is 1. The predicted octanol–water partition coefficient (Wildman–Crippen LogP) is 4.23. The molecular formula is C16H13ClF3N3. The number of nitrogens with zero attached hydrogens (tertiary/aromatic N) is 3. The van der Waals surface area contributed by atoms with E-state index in [0.717, 1.165) is 11.1 Å². The van der Waals surface area contributed by atoms with Crippen molar-refractivity contribution in [3.63, 3.8) is 0 Å². The van der Waals surface area contributed by atoms with Crippen LogP contribution in [-0.2, 0) is 0 Å². The maximum absolute atomic E-state index is 13.5. The Kier molecular flexibility index (Phi) is 3.12. The third kappa shape index (κ3) is 2.20. The quantitative estimate of drug-likeness (QED) is 0.802. The minimum atomic E-state index is -4.26. The lowest BCUT2D eigenvalue weighted by atomic mass is 10.1. The van der Waals surface area contributed by atoms with Gasteiger partial charge >= 0.3 is 6.18 Å². The highest BCUT2D eigenvalue weighted by atomic mass is 35.5. The largest absolute Gasteiger partial charge is 0.408 e. The zero-order valence-corrected chi connectivity index (χ0v) is 12.8. The zero-order chi connectivity index (χ0) is 16.2. The van der Waals surface area contributed by atoms with Crippen LogP contribution in [0, 0.1) is 0 Å². The molecule has 0 radical (unpaired) electrons. The van der Waals surface area contributed by atoms with Gasteiger partial charge in [-0.25, -0.2) is 4.99 Å². The summed E-state index contributed by atoms with van der Waals surface area (Å²) in [6.45, 7) is 0.179. The first kappa shape index (κ1) is 14.8. The molecule has 0 amide bonds. The molecule has 0 atom stereocenters. The molecule has 4 rings (SSSR count). The standard InChI is InChI=1S/C16H13ClF3N3/c17-12-4-2-11(3-5-12)13-10-23(15(6-7-15)16(18,19)20)22-9-1-8-21-14(13)22/h1-5,8-9H,6-7,10H2. The highest BCUT2D eigenvalue weighted by Gasteiger charge is 2.69. The Morgan fingerprint density at radius 2 is 1.83 bits per heavy atom. The van der Waals surface area contributed by atoms with E-state index in [0.29, 0.717) is 10.8 Å². The van der Waals surface area contributed by atoms with Crippen LogP contribution in [0.2, 0.25) is 5.02 Å². The summed E-state index contributed by atoms with van der Waals surface area (Å²) in [5.41, 5.74) is -0.163. The molecule has 0 bridgehead atoms. The Bertz CT molecular complexity index is 730. The van der Waals surface area contributed by atoms with E-state index in [1.165, 1.54) is 10.0 Å². The molecule has 0 N–H and O–H groups in total.